The van der Waals surface area contributed by atoms with Crippen LogP contribution in [-0.2, 0) is 4.79 Å². The summed E-state index contributed by atoms with van der Waals surface area (Å²) in [5.41, 5.74) is 5.38. The lowest BCUT2D eigenvalue weighted by Gasteiger charge is -2.23. The van der Waals surface area contributed by atoms with E-state index in [1.807, 2.05) is 6.07 Å². The molecule has 0 aliphatic carbocycles. The van der Waals surface area contributed by atoms with E-state index >= 15 is 0 Å². The third-order valence-corrected chi connectivity index (χ3v) is 4.58. The molecule has 2 aromatic rings. The van der Waals surface area contributed by atoms with Gasteiger partial charge in [0.25, 0.3) is 11.8 Å². The van der Waals surface area contributed by atoms with E-state index in [2.05, 4.69) is 16.2 Å². The van der Waals surface area contributed by atoms with Gasteiger partial charge in [0.2, 0.25) is 0 Å². The van der Waals surface area contributed by atoms with Crippen LogP contribution in [0.3, 0.4) is 0 Å². The largest absolute Gasteiger partial charge is 0.505 e. The standard InChI is InChI=1S/C19H18ClFN4O4/c1-9-14(6-4-12(8-22)16(9)20)23-17(10(2)26)19(29)25-24-18(28)11-3-5-13(21)15(27)7-11/h3-7,10,17,23,26-27H,1-2H3,(H,24,28)(H,25,29)/t10-,17?/m1/s1. The predicted molar refractivity (Wildman–Crippen MR) is 104 cm³/mol. The van der Waals surface area contributed by atoms with Crippen LogP contribution in [0.15, 0.2) is 30.3 Å². The van der Waals surface area contributed by atoms with Crippen LogP contribution in [-0.4, -0.2) is 34.2 Å². The summed E-state index contributed by atoms with van der Waals surface area (Å²) in [5, 5.41) is 31.3. The fourth-order valence-corrected chi connectivity index (χ4v) is 2.63. The van der Waals surface area contributed by atoms with Gasteiger partial charge in [-0.3, -0.25) is 20.4 Å². The smallest absolute Gasteiger partial charge is 0.269 e. The quantitative estimate of drug-likeness (QED) is 0.469. The van der Waals surface area contributed by atoms with Gasteiger partial charge in [0.15, 0.2) is 11.6 Å². The third-order valence-electron chi connectivity index (χ3n) is 4.09. The Morgan fingerprint density at radius 2 is 1.93 bits per heavy atom. The number of carbonyl (C=O) groups excluding carboxylic acids is 2. The van der Waals surface area contributed by atoms with Crippen molar-refractivity contribution in [1.29, 1.82) is 5.26 Å². The first-order valence-corrected chi connectivity index (χ1v) is 8.76. The number of hydrogen-bond donors (Lipinski definition) is 5. The van der Waals surface area contributed by atoms with E-state index in [1.54, 1.807) is 13.0 Å². The topological polar surface area (TPSA) is 134 Å². The molecule has 0 aliphatic rings. The SMILES string of the molecule is Cc1c(NC(C(=O)NNC(=O)c2ccc(F)c(O)c2)[C@@H](C)O)ccc(C#N)c1Cl. The van der Waals surface area contributed by atoms with Gasteiger partial charge in [0.1, 0.15) is 12.1 Å². The molecule has 0 heterocycles. The Kier molecular flexibility index (Phi) is 6.98. The van der Waals surface area contributed by atoms with Gasteiger partial charge in [-0.25, -0.2) is 4.39 Å². The molecule has 2 atom stereocenters. The van der Waals surface area contributed by atoms with Crippen molar-refractivity contribution >= 4 is 29.1 Å². The van der Waals surface area contributed by atoms with Gasteiger partial charge in [-0.2, -0.15) is 5.26 Å². The van der Waals surface area contributed by atoms with Crippen molar-refractivity contribution in [2.45, 2.75) is 26.0 Å². The molecular weight excluding hydrogens is 403 g/mol. The molecule has 0 saturated carbocycles. The van der Waals surface area contributed by atoms with Crippen LogP contribution in [0.1, 0.15) is 28.4 Å². The summed E-state index contributed by atoms with van der Waals surface area (Å²) in [6.07, 6.45) is -1.16. The molecule has 2 rings (SSSR count). The van der Waals surface area contributed by atoms with Crippen molar-refractivity contribution in [2.75, 3.05) is 5.32 Å². The maximum Gasteiger partial charge on any atom is 0.269 e. The minimum absolute atomic E-state index is 0.0829. The van der Waals surface area contributed by atoms with Gasteiger partial charge in [0, 0.05) is 11.3 Å². The molecule has 0 aliphatic heterocycles. The van der Waals surface area contributed by atoms with E-state index in [0.29, 0.717) is 11.3 Å². The molecular formula is C19H18ClFN4O4. The molecule has 0 fully saturated rings. The number of nitrogens with zero attached hydrogens (tertiary/aromatic N) is 1. The molecule has 0 bridgehead atoms. The number of rotatable bonds is 5. The Morgan fingerprint density at radius 1 is 1.24 bits per heavy atom. The van der Waals surface area contributed by atoms with E-state index in [9.17, 15) is 24.2 Å². The molecule has 1 unspecified atom stereocenters. The van der Waals surface area contributed by atoms with E-state index in [1.165, 1.54) is 13.0 Å². The highest BCUT2D eigenvalue weighted by Crippen LogP contribution is 2.27. The number of anilines is 1. The monoisotopic (exact) mass is 420 g/mol. The summed E-state index contributed by atoms with van der Waals surface area (Å²) in [4.78, 5) is 24.5. The number of nitriles is 1. The highest BCUT2D eigenvalue weighted by atomic mass is 35.5. The number of hydrogen-bond acceptors (Lipinski definition) is 6. The molecule has 5 N–H and O–H groups in total. The number of amides is 2. The fraction of sp³-hybridized carbons (Fsp3) is 0.211. The van der Waals surface area contributed by atoms with Crippen molar-refractivity contribution < 1.29 is 24.2 Å². The van der Waals surface area contributed by atoms with Crippen LogP contribution in [0, 0.1) is 24.1 Å². The minimum Gasteiger partial charge on any atom is -0.505 e. The average molecular weight is 421 g/mol. The summed E-state index contributed by atoms with van der Waals surface area (Å²) in [6.45, 7) is 3.02. The van der Waals surface area contributed by atoms with Crippen LogP contribution < -0.4 is 16.2 Å². The second-order valence-corrected chi connectivity index (χ2v) is 6.56. The summed E-state index contributed by atoms with van der Waals surface area (Å²) in [7, 11) is 0. The number of halogens is 2. The maximum atomic E-state index is 13.1. The van der Waals surface area contributed by atoms with Gasteiger partial charge in [0.05, 0.1) is 16.7 Å². The molecule has 0 spiro atoms. The van der Waals surface area contributed by atoms with E-state index in [4.69, 9.17) is 16.9 Å². The van der Waals surface area contributed by atoms with E-state index in [-0.39, 0.29) is 16.1 Å². The van der Waals surface area contributed by atoms with Gasteiger partial charge >= 0.3 is 0 Å². The number of carbonyl (C=O) groups is 2. The molecule has 0 radical (unpaired) electrons. The second-order valence-electron chi connectivity index (χ2n) is 6.18. The molecule has 2 amide bonds. The number of aliphatic hydroxyl groups is 1. The average Bonchev–Trinajstić information content (AvgIpc) is 2.68. The Balaban J connectivity index is 2.10. The number of phenolic OH excluding ortho intramolecular Hbond substituents is 1. The summed E-state index contributed by atoms with van der Waals surface area (Å²) >= 11 is 6.11. The predicted octanol–water partition coefficient (Wildman–Crippen LogP) is 1.99. The highest BCUT2D eigenvalue weighted by Gasteiger charge is 2.25. The molecule has 8 nitrogen and oxygen atoms in total. The first-order valence-electron chi connectivity index (χ1n) is 8.38. The van der Waals surface area contributed by atoms with Crippen molar-refractivity contribution in [1.82, 2.24) is 10.9 Å². The van der Waals surface area contributed by atoms with Gasteiger partial charge in [-0.05, 0) is 49.7 Å². The van der Waals surface area contributed by atoms with Crippen molar-refractivity contribution in [3.63, 3.8) is 0 Å². The minimum atomic E-state index is -1.17. The first kappa shape index (κ1) is 21.9. The lowest BCUT2D eigenvalue weighted by atomic mass is 10.1. The highest BCUT2D eigenvalue weighted by molar-refractivity contribution is 6.32. The summed E-state index contributed by atoms with van der Waals surface area (Å²) < 4.78 is 13.1. The number of nitrogens with one attached hydrogen (secondary N) is 3. The number of phenols is 1. The number of benzene rings is 2. The number of aliphatic hydroxyl groups excluding tert-OH is 1. The van der Waals surface area contributed by atoms with Crippen LogP contribution >= 0.6 is 11.6 Å². The van der Waals surface area contributed by atoms with Crippen molar-refractivity contribution in [3.8, 4) is 11.8 Å². The van der Waals surface area contributed by atoms with Crippen molar-refractivity contribution in [3.05, 3.63) is 57.9 Å². The Bertz CT molecular complexity index is 991. The van der Waals surface area contributed by atoms with Crippen molar-refractivity contribution in [2.24, 2.45) is 0 Å². The van der Waals surface area contributed by atoms with Gasteiger partial charge < -0.3 is 15.5 Å². The molecule has 0 saturated heterocycles. The van der Waals surface area contributed by atoms with Crippen LogP contribution in [0.5, 0.6) is 5.75 Å². The van der Waals surface area contributed by atoms with Gasteiger partial charge in [-0.15, -0.1) is 0 Å². The number of aromatic hydroxyl groups is 1. The molecule has 0 aromatic heterocycles. The van der Waals surface area contributed by atoms with E-state index in [0.717, 1.165) is 18.2 Å². The lowest BCUT2D eigenvalue weighted by Crippen LogP contribution is -2.52. The van der Waals surface area contributed by atoms with Crippen LogP contribution in [0.25, 0.3) is 0 Å². The zero-order valence-electron chi connectivity index (χ0n) is 15.5. The summed E-state index contributed by atoms with van der Waals surface area (Å²) in [5.74, 6) is -3.16. The van der Waals surface area contributed by atoms with E-state index < -0.39 is 35.5 Å². The molecule has 10 heteroatoms. The molecule has 152 valence electrons. The fourth-order valence-electron chi connectivity index (χ4n) is 2.42. The normalized spacial score (nSPS) is 12.4. The van der Waals surface area contributed by atoms with Gasteiger partial charge in [-0.1, -0.05) is 11.6 Å². The Morgan fingerprint density at radius 3 is 2.52 bits per heavy atom. The number of hydrazine groups is 1. The maximum absolute atomic E-state index is 13.1. The van der Waals surface area contributed by atoms with Crippen LogP contribution in [0.4, 0.5) is 10.1 Å². The zero-order chi connectivity index (χ0) is 21.7. The Labute approximate surface area is 170 Å². The lowest BCUT2D eigenvalue weighted by molar-refractivity contribution is -0.124. The Hall–Kier alpha value is -3.35. The summed E-state index contributed by atoms with van der Waals surface area (Å²) in [6, 6.07) is 6.73. The molecule has 2 aromatic carbocycles. The molecule has 29 heavy (non-hydrogen) atoms. The zero-order valence-corrected chi connectivity index (χ0v) is 16.2. The van der Waals surface area contributed by atoms with Crippen LogP contribution in [0.2, 0.25) is 5.02 Å². The first-order chi connectivity index (χ1) is 13.6. The second kappa shape index (κ2) is 9.23. The third kappa shape index (κ3) is 5.13.